The molecule has 1 aliphatic rings. The van der Waals surface area contributed by atoms with Gasteiger partial charge in [0.1, 0.15) is 10.7 Å². The third-order valence-electron chi connectivity index (χ3n) is 7.57. The molecule has 4 nitrogen and oxygen atoms in total. The molecule has 1 aliphatic carbocycles. The number of nitrogens with zero attached hydrogens (tertiary/aromatic N) is 2. The van der Waals surface area contributed by atoms with Gasteiger partial charge in [0.25, 0.3) is 5.91 Å². The van der Waals surface area contributed by atoms with Crippen LogP contribution >= 0.6 is 22.9 Å². The normalized spacial score (nSPS) is 17.4. The Balaban J connectivity index is 1.48. The van der Waals surface area contributed by atoms with Gasteiger partial charge in [-0.2, -0.15) is 0 Å². The van der Waals surface area contributed by atoms with E-state index < -0.39 is 0 Å². The van der Waals surface area contributed by atoms with Crippen molar-refractivity contribution >= 4 is 51.0 Å². The second-order valence-corrected chi connectivity index (χ2v) is 11.6. The predicted molar refractivity (Wildman–Crippen MR) is 154 cm³/mol. The van der Waals surface area contributed by atoms with Crippen molar-refractivity contribution in [2.45, 2.75) is 45.2 Å². The Morgan fingerprint density at radius 2 is 1.71 bits per heavy atom. The fraction of sp³-hybridized carbons (Fsp3) is 0.290. The molecule has 0 bridgehead atoms. The molecule has 0 unspecified atom stereocenters. The molecule has 0 saturated heterocycles. The van der Waals surface area contributed by atoms with Crippen LogP contribution in [-0.4, -0.2) is 30.3 Å². The van der Waals surface area contributed by atoms with E-state index in [2.05, 4.69) is 6.92 Å². The summed E-state index contributed by atoms with van der Waals surface area (Å²) in [5.74, 6) is 0.148. The number of benzene rings is 3. The van der Waals surface area contributed by atoms with Crippen molar-refractivity contribution in [2.24, 2.45) is 5.92 Å². The van der Waals surface area contributed by atoms with Gasteiger partial charge in [0.2, 0.25) is 6.41 Å². The molecule has 0 N–H and O–H groups in total. The Kier molecular flexibility index (Phi) is 7.82. The van der Waals surface area contributed by atoms with Crippen LogP contribution in [0.1, 0.15) is 47.8 Å². The summed E-state index contributed by atoms with van der Waals surface area (Å²) in [6.07, 6.45) is 4.62. The highest BCUT2D eigenvalue weighted by molar-refractivity contribution is 7.21. The zero-order valence-corrected chi connectivity index (χ0v) is 23.1. The molecule has 38 heavy (non-hydrogen) atoms. The lowest BCUT2D eigenvalue weighted by molar-refractivity contribution is -0.107. The lowest BCUT2D eigenvalue weighted by atomic mass is 9.86. The van der Waals surface area contributed by atoms with Crippen LogP contribution < -0.4 is 4.90 Å². The SMILES string of the molecule is CC1CCC(N(Cc2cc(-c3ccc(N(C)C=O)cc3)ccc2F)C(=O)c2sc3ccccc3c2Cl)CC1. The molecule has 0 spiro atoms. The molecule has 3 aromatic carbocycles. The fourth-order valence-electron chi connectivity index (χ4n) is 5.21. The van der Waals surface area contributed by atoms with Gasteiger partial charge < -0.3 is 9.80 Å². The van der Waals surface area contributed by atoms with Crippen molar-refractivity contribution in [3.63, 3.8) is 0 Å². The van der Waals surface area contributed by atoms with Crippen molar-refractivity contribution in [2.75, 3.05) is 11.9 Å². The highest BCUT2D eigenvalue weighted by atomic mass is 35.5. The van der Waals surface area contributed by atoms with Crippen molar-refractivity contribution in [3.8, 4) is 11.1 Å². The largest absolute Gasteiger partial charge is 0.330 e. The van der Waals surface area contributed by atoms with Gasteiger partial charge in [0.05, 0.1) is 5.02 Å². The first-order valence-electron chi connectivity index (χ1n) is 12.9. The molecule has 0 atom stereocenters. The number of hydrogen-bond donors (Lipinski definition) is 0. The summed E-state index contributed by atoms with van der Waals surface area (Å²) in [5.41, 5.74) is 3.01. The van der Waals surface area contributed by atoms with Crippen LogP contribution in [0.4, 0.5) is 10.1 Å². The van der Waals surface area contributed by atoms with Gasteiger partial charge in [-0.25, -0.2) is 4.39 Å². The minimum Gasteiger partial charge on any atom is -0.330 e. The molecule has 1 aromatic heterocycles. The molecule has 1 saturated carbocycles. The lowest BCUT2D eigenvalue weighted by Crippen LogP contribution is -2.41. The maximum atomic E-state index is 15.2. The number of amides is 2. The Hall–Kier alpha value is -3.22. The first-order valence-corrected chi connectivity index (χ1v) is 14.1. The summed E-state index contributed by atoms with van der Waals surface area (Å²) in [6.45, 7) is 2.42. The summed E-state index contributed by atoms with van der Waals surface area (Å²) in [7, 11) is 1.69. The van der Waals surface area contributed by atoms with Gasteiger partial charge in [-0.15, -0.1) is 11.3 Å². The topological polar surface area (TPSA) is 40.6 Å². The Labute approximate surface area is 231 Å². The average Bonchev–Trinajstić information content (AvgIpc) is 3.29. The van der Waals surface area contributed by atoms with E-state index in [4.69, 9.17) is 11.6 Å². The van der Waals surface area contributed by atoms with Crippen molar-refractivity contribution in [3.05, 3.63) is 88.0 Å². The van der Waals surface area contributed by atoms with Crippen LogP contribution in [0.25, 0.3) is 21.2 Å². The van der Waals surface area contributed by atoms with Crippen molar-refractivity contribution in [1.82, 2.24) is 4.90 Å². The van der Waals surface area contributed by atoms with Crippen LogP contribution in [0.2, 0.25) is 5.02 Å². The Bertz CT molecular complexity index is 1460. The third kappa shape index (κ3) is 5.33. The second kappa shape index (κ2) is 11.3. The van der Waals surface area contributed by atoms with Crippen LogP contribution in [0.5, 0.6) is 0 Å². The maximum Gasteiger partial charge on any atom is 0.266 e. The predicted octanol–water partition coefficient (Wildman–Crippen LogP) is 8.17. The van der Waals surface area contributed by atoms with E-state index >= 15 is 4.39 Å². The molecule has 1 heterocycles. The number of carbonyl (C=O) groups is 2. The van der Waals surface area contributed by atoms with E-state index in [9.17, 15) is 9.59 Å². The van der Waals surface area contributed by atoms with Crippen molar-refractivity contribution in [1.29, 1.82) is 0 Å². The lowest BCUT2D eigenvalue weighted by Gasteiger charge is -2.36. The van der Waals surface area contributed by atoms with Crippen LogP contribution in [0, 0.1) is 11.7 Å². The summed E-state index contributed by atoms with van der Waals surface area (Å²) in [4.78, 5) is 28.9. The molecule has 7 heteroatoms. The number of fused-ring (bicyclic) bond motifs is 1. The minimum atomic E-state index is -0.338. The van der Waals surface area contributed by atoms with Crippen molar-refractivity contribution < 1.29 is 14.0 Å². The maximum absolute atomic E-state index is 15.2. The van der Waals surface area contributed by atoms with E-state index in [0.717, 1.165) is 59.0 Å². The van der Waals surface area contributed by atoms with E-state index in [1.54, 1.807) is 13.1 Å². The third-order valence-corrected chi connectivity index (χ3v) is 9.23. The quantitative estimate of drug-likeness (QED) is 0.218. The van der Waals surface area contributed by atoms with E-state index in [1.165, 1.54) is 22.3 Å². The number of anilines is 1. The van der Waals surface area contributed by atoms with Gasteiger partial charge in [-0.3, -0.25) is 9.59 Å². The Morgan fingerprint density at radius 1 is 1.03 bits per heavy atom. The van der Waals surface area contributed by atoms with Gasteiger partial charge in [-0.05, 0) is 73.1 Å². The smallest absolute Gasteiger partial charge is 0.266 e. The molecule has 2 amide bonds. The standard InChI is InChI=1S/C31H30ClFN2O2S/c1-20-7-12-25(13-8-20)35(31(37)30-29(32)26-5-3-4-6-28(26)38-30)18-23-17-22(11-16-27(23)33)21-9-14-24(15-10-21)34(2)19-36/h3-6,9-11,14-17,19-20,25H,7-8,12-13,18H2,1-2H3. The number of thiophene rings is 1. The molecule has 0 aliphatic heterocycles. The minimum absolute atomic E-state index is 0.0289. The van der Waals surface area contributed by atoms with E-state index in [0.29, 0.717) is 21.4 Å². The first-order chi connectivity index (χ1) is 18.4. The molecule has 1 fully saturated rings. The van der Waals surface area contributed by atoms with Gasteiger partial charge in [0, 0.05) is 41.0 Å². The molecule has 4 aromatic rings. The number of rotatable bonds is 7. The van der Waals surface area contributed by atoms with Gasteiger partial charge >= 0.3 is 0 Å². The van der Waals surface area contributed by atoms with Gasteiger partial charge in [-0.1, -0.05) is 54.9 Å². The number of carbonyl (C=O) groups excluding carboxylic acids is 2. The number of halogens is 2. The van der Waals surface area contributed by atoms with Gasteiger partial charge in [0.15, 0.2) is 0 Å². The highest BCUT2D eigenvalue weighted by Gasteiger charge is 2.31. The molecule has 196 valence electrons. The zero-order chi connectivity index (χ0) is 26.8. The first kappa shape index (κ1) is 26.4. The molecule has 5 rings (SSSR count). The summed E-state index contributed by atoms with van der Waals surface area (Å²) >= 11 is 8.11. The fourth-order valence-corrected chi connectivity index (χ4v) is 6.68. The summed E-state index contributed by atoms with van der Waals surface area (Å²) in [5, 5.41) is 1.34. The highest BCUT2D eigenvalue weighted by Crippen LogP contribution is 2.38. The monoisotopic (exact) mass is 548 g/mol. The van der Waals surface area contributed by atoms with Crippen LogP contribution in [0.15, 0.2) is 66.7 Å². The Morgan fingerprint density at radius 3 is 2.39 bits per heavy atom. The molecule has 0 radical (unpaired) electrons. The molecular formula is C31H30ClFN2O2S. The summed E-state index contributed by atoms with van der Waals surface area (Å²) < 4.78 is 16.2. The zero-order valence-electron chi connectivity index (χ0n) is 21.5. The summed E-state index contributed by atoms with van der Waals surface area (Å²) in [6, 6.07) is 20.4. The second-order valence-electron chi connectivity index (χ2n) is 10.2. The van der Waals surface area contributed by atoms with E-state index in [-0.39, 0.29) is 24.3 Å². The number of hydrogen-bond acceptors (Lipinski definition) is 3. The van der Waals surface area contributed by atoms with Crippen LogP contribution in [0.3, 0.4) is 0 Å². The van der Waals surface area contributed by atoms with E-state index in [1.807, 2.05) is 59.5 Å². The van der Waals surface area contributed by atoms with Crippen LogP contribution in [-0.2, 0) is 11.3 Å². The average molecular weight is 549 g/mol. The molecular weight excluding hydrogens is 519 g/mol.